The zero-order valence-corrected chi connectivity index (χ0v) is 12.2. The highest BCUT2D eigenvalue weighted by molar-refractivity contribution is 9.10. The van der Waals surface area contributed by atoms with Crippen molar-refractivity contribution in [3.05, 3.63) is 56.4 Å². The second-order valence-electron chi connectivity index (χ2n) is 3.98. The number of H-pyrrole nitrogens is 1. The van der Waals surface area contributed by atoms with E-state index in [4.69, 9.17) is 0 Å². The Balaban J connectivity index is 1.86. The van der Waals surface area contributed by atoms with E-state index in [9.17, 15) is 4.79 Å². The highest BCUT2D eigenvalue weighted by Crippen LogP contribution is 2.21. The van der Waals surface area contributed by atoms with Gasteiger partial charge in [0.05, 0.1) is 12.1 Å². The molecule has 2 N–H and O–H groups in total. The minimum atomic E-state index is -0.0797. The summed E-state index contributed by atoms with van der Waals surface area (Å²) in [4.78, 5) is 19.0. The fourth-order valence-electron chi connectivity index (χ4n) is 1.79. The van der Waals surface area contributed by atoms with Crippen LogP contribution in [-0.2, 0) is 6.54 Å². The fourth-order valence-corrected chi connectivity index (χ4v) is 2.94. The van der Waals surface area contributed by atoms with Crippen LogP contribution in [0, 0.1) is 0 Å². The Morgan fingerprint density at radius 3 is 3.00 bits per heavy atom. The summed E-state index contributed by atoms with van der Waals surface area (Å²) < 4.78 is 1.65. The summed E-state index contributed by atoms with van der Waals surface area (Å²) in [5.41, 5.74) is 1.64. The van der Waals surface area contributed by atoms with E-state index in [2.05, 4.69) is 31.2 Å². The molecular formula is C13H10BrN3OS. The van der Waals surface area contributed by atoms with Crippen LogP contribution >= 0.6 is 27.3 Å². The third-order valence-corrected chi connectivity index (χ3v) is 4.28. The molecule has 0 saturated carbocycles. The van der Waals surface area contributed by atoms with Gasteiger partial charge in [0.25, 0.3) is 5.56 Å². The van der Waals surface area contributed by atoms with Gasteiger partial charge >= 0.3 is 0 Å². The summed E-state index contributed by atoms with van der Waals surface area (Å²) in [6.07, 6.45) is 0. The Kier molecular flexibility index (Phi) is 3.35. The van der Waals surface area contributed by atoms with Crippen molar-refractivity contribution in [3.63, 3.8) is 0 Å². The van der Waals surface area contributed by atoms with Gasteiger partial charge < -0.3 is 10.3 Å². The Morgan fingerprint density at radius 1 is 1.32 bits per heavy atom. The first-order valence-corrected chi connectivity index (χ1v) is 7.36. The number of nitrogens with zero attached hydrogens (tertiary/aromatic N) is 1. The van der Waals surface area contributed by atoms with Crippen LogP contribution in [0.4, 0.5) is 5.69 Å². The molecule has 2 heterocycles. The molecule has 0 saturated heterocycles. The molecule has 19 heavy (non-hydrogen) atoms. The van der Waals surface area contributed by atoms with E-state index in [-0.39, 0.29) is 5.56 Å². The van der Waals surface area contributed by atoms with Gasteiger partial charge in [0.2, 0.25) is 0 Å². The lowest BCUT2D eigenvalue weighted by atomic mass is 10.3. The number of aromatic nitrogens is 2. The van der Waals surface area contributed by atoms with Crippen LogP contribution in [0.25, 0.3) is 10.2 Å². The molecule has 0 unspecified atom stereocenters. The lowest BCUT2D eigenvalue weighted by Crippen LogP contribution is -2.13. The largest absolute Gasteiger partial charge is 0.377 e. The monoisotopic (exact) mass is 335 g/mol. The number of rotatable bonds is 3. The SMILES string of the molecule is O=c1[nH]c(CNc2ccccc2Br)nc2ccsc12. The normalized spacial score (nSPS) is 10.8. The second kappa shape index (κ2) is 5.14. The van der Waals surface area contributed by atoms with E-state index >= 15 is 0 Å². The predicted octanol–water partition coefficient (Wildman–Crippen LogP) is 3.36. The number of anilines is 1. The van der Waals surface area contributed by atoms with E-state index in [1.54, 1.807) is 0 Å². The van der Waals surface area contributed by atoms with Crippen molar-refractivity contribution in [2.75, 3.05) is 5.32 Å². The van der Waals surface area contributed by atoms with Crippen LogP contribution in [0.3, 0.4) is 0 Å². The molecule has 0 amide bonds. The summed E-state index contributed by atoms with van der Waals surface area (Å²) in [5.74, 6) is 0.631. The van der Waals surface area contributed by atoms with Crippen molar-refractivity contribution in [2.45, 2.75) is 6.54 Å². The van der Waals surface area contributed by atoms with Gasteiger partial charge in [-0.05, 0) is 39.5 Å². The predicted molar refractivity (Wildman–Crippen MR) is 81.7 cm³/mol. The minimum Gasteiger partial charge on any atom is -0.377 e. The first kappa shape index (κ1) is 12.4. The zero-order chi connectivity index (χ0) is 13.2. The number of nitrogens with one attached hydrogen (secondary N) is 2. The van der Waals surface area contributed by atoms with Crippen LogP contribution in [0.1, 0.15) is 5.82 Å². The molecule has 0 radical (unpaired) electrons. The molecule has 0 aliphatic heterocycles. The lowest BCUT2D eigenvalue weighted by Gasteiger charge is -2.07. The van der Waals surface area contributed by atoms with E-state index in [0.717, 1.165) is 15.7 Å². The minimum absolute atomic E-state index is 0.0797. The maximum Gasteiger partial charge on any atom is 0.268 e. The van der Waals surface area contributed by atoms with Crippen molar-refractivity contribution in [1.82, 2.24) is 9.97 Å². The van der Waals surface area contributed by atoms with Gasteiger partial charge in [0.1, 0.15) is 10.5 Å². The highest BCUT2D eigenvalue weighted by atomic mass is 79.9. The maximum absolute atomic E-state index is 11.8. The maximum atomic E-state index is 11.8. The topological polar surface area (TPSA) is 57.8 Å². The fraction of sp³-hybridized carbons (Fsp3) is 0.0769. The smallest absolute Gasteiger partial charge is 0.268 e. The van der Waals surface area contributed by atoms with Gasteiger partial charge in [-0.2, -0.15) is 0 Å². The summed E-state index contributed by atoms with van der Waals surface area (Å²) in [6, 6.07) is 9.68. The lowest BCUT2D eigenvalue weighted by molar-refractivity contribution is 0.955. The Bertz CT molecular complexity index is 781. The molecule has 0 aliphatic carbocycles. The number of hydrogen-bond acceptors (Lipinski definition) is 4. The van der Waals surface area contributed by atoms with Gasteiger partial charge in [-0.25, -0.2) is 4.98 Å². The number of aromatic amines is 1. The molecule has 0 atom stereocenters. The van der Waals surface area contributed by atoms with Crippen molar-refractivity contribution in [3.8, 4) is 0 Å². The standard InChI is InChI=1S/C13H10BrN3OS/c14-8-3-1-2-4-9(8)15-7-11-16-10-5-6-19-12(10)13(18)17-11/h1-6,15H,7H2,(H,16,17,18). The van der Waals surface area contributed by atoms with Crippen LogP contribution in [-0.4, -0.2) is 9.97 Å². The van der Waals surface area contributed by atoms with Crippen molar-refractivity contribution in [2.24, 2.45) is 0 Å². The highest BCUT2D eigenvalue weighted by Gasteiger charge is 2.05. The molecule has 0 fully saturated rings. The Morgan fingerprint density at radius 2 is 2.16 bits per heavy atom. The van der Waals surface area contributed by atoms with E-state index in [0.29, 0.717) is 17.1 Å². The van der Waals surface area contributed by atoms with Gasteiger partial charge in [0, 0.05) is 10.2 Å². The molecule has 0 bridgehead atoms. The third kappa shape index (κ3) is 2.54. The molecule has 1 aromatic carbocycles. The number of hydrogen-bond donors (Lipinski definition) is 2. The zero-order valence-electron chi connectivity index (χ0n) is 9.81. The van der Waals surface area contributed by atoms with Crippen molar-refractivity contribution in [1.29, 1.82) is 0 Å². The first-order chi connectivity index (χ1) is 9.24. The second-order valence-corrected chi connectivity index (χ2v) is 5.75. The quantitative estimate of drug-likeness (QED) is 0.771. The number of benzene rings is 1. The molecule has 2 aromatic heterocycles. The van der Waals surface area contributed by atoms with Crippen LogP contribution in [0.5, 0.6) is 0 Å². The molecule has 0 spiro atoms. The number of halogens is 1. The van der Waals surface area contributed by atoms with E-state index in [1.807, 2.05) is 35.7 Å². The molecule has 0 aliphatic rings. The molecule has 4 nitrogen and oxygen atoms in total. The van der Waals surface area contributed by atoms with Gasteiger partial charge in [0.15, 0.2) is 0 Å². The summed E-state index contributed by atoms with van der Waals surface area (Å²) in [6.45, 7) is 0.476. The first-order valence-electron chi connectivity index (χ1n) is 5.69. The molecule has 3 rings (SSSR count). The summed E-state index contributed by atoms with van der Waals surface area (Å²) in [5, 5.41) is 5.11. The average molecular weight is 336 g/mol. The van der Waals surface area contributed by atoms with Crippen LogP contribution in [0.15, 0.2) is 45.0 Å². The average Bonchev–Trinajstić information content (AvgIpc) is 2.87. The number of thiophene rings is 1. The van der Waals surface area contributed by atoms with E-state index in [1.165, 1.54) is 11.3 Å². The van der Waals surface area contributed by atoms with Crippen molar-refractivity contribution >= 4 is 43.2 Å². The summed E-state index contributed by atoms with van der Waals surface area (Å²) in [7, 11) is 0. The van der Waals surface area contributed by atoms with Crippen molar-refractivity contribution < 1.29 is 0 Å². The van der Waals surface area contributed by atoms with Crippen LogP contribution in [0.2, 0.25) is 0 Å². The third-order valence-electron chi connectivity index (χ3n) is 2.68. The van der Waals surface area contributed by atoms with Gasteiger partial charge in [-0.3, -0.25) is 4.79 Å². The van der Waals surface area contributed by atoms with E-state index < -0.39 is 0 Å². The van der Waals surface area contributed by atoms with Gasteiger partial charge in [-0.15, -0.1) is 11.3 Å². The molecular weight excluding hydrogens is 326 g/mol. The Hall–Kier alpha value is -1.66. The van der Waals surface area contributed by atoms with Crippen LogP contribution < -0.4 is 10.9 Å². The number of para-hydroxylation sites is 1. The van der Waals surface area contributed by atoms with Gasteiger partial charge in [-0.1, -0.05) is 12.1 Å². The molecule has 96 valence electrons. The summed E-state index contributed by atoms with van der Waals surface area (Å²) >= 11 is 4.87. The molecule has 6 heteroatoms. The molecule has 3 aromatic rings. The number of fused-ring (bicyclic) bond motifs is 1. The Labute approximate surface area is 121 Å².